The summed E-state index contributed by atoms with van der Waals surface area (Å²) in [6.07, 6.45) is 5.38. The average Bonchev–Trinajstić information content (AvgIpc) is 3.11. The number of carbonyl (C=O) groups excluding carboxylic acids is 1. The van der Waals surface area contributed by atoms with Crippen LogP contribution in [0.1, 0.15) is 25.0 Å². The summed E-state index contributed by atoms with van der Waals surface area (Å²) in [5.41, 5.74) is 1.88. The summed E-state index contributed by atoms with van der Waals surface area (Å²) < 4.78 is 5.28. The molecule has 3 aromatic rings. The third-order valence-electron chi connectivity index (χ3n) is 4.87. The molecule has 1 aliphatic rings. The number of rotatable bonds is 5. The van der Waals surface area contributed by atoms with Gasteiger partial charge in [-0.25, -0.2) is 4.98 Å². The maximum absolute atomic E-state index is 12.6. The van der Waals surface area contributed by atoms with E-state index in [0.29, 0.717) is 28.7 Å². The van der Waals surface area contributed by atoms with Crippen LogP contribution in [0.5, 0.6) is 0 Å². The molecule has 1 N–H and O–H groups in total. The van der Waals surface area contributed by atoms with Crippen molar-refractivity contribution in [2.24, 2.45) is 0 Å². The van der Waals surface area contributed by atoms with Crippen LogP contribution in [0.2, 0.25) is 0 Å². The van der Waals surface area contributed by atoms with Crippen molar-refractivity contribution in [3.8, 4) is 0 Å². The molecule has 0 saturated carbocycles. The largest absolute Gasteiger partial charge is 0.361 e. The number of hydrogen-bond donors (Lipinski definition) is 1. The normalized spacial score (nSPS) is 14.3. The first-order valence-corrected chi connectivity index (χ1v) is 9.54. The van der Waals surface area contributed by atoms with E-state index in [1.165, 1.54) is 6.42 Å². The monoisotopic (exact) mass is 380 g/mol. The molecule has 3 heterocycles. The highest BCUT2D eigenvalue weighted by Gasteiger charge is 2.19. The van der Waals surface area contributed by atoms with Gasteiger partial charge in [0.25, 0.3) is 0 Å². The Morgan fingerprint density at radius 1 is 1.21 bits per heavy atom. The van der Waals surface area contributed by atoms with Crippen LogP contribution in [0.4, 0.5) is 17.5 Å². The summed E-state index contributed by atoms with van der Waals surface area (Å²) in [4.78, 5) is 25.9. The SMILES string of the molecule is CN(C)c1nc(N2CCCCC2)ncc1NC(=O)Cc1noc2ccccc12. The minimum Gasteiger partial charge on any atom is -0.361 e. The van der Waals surface area contributed by atoms with Gasteiger partial charge in [-0.3, -0.25) is 4.79 Å². The van der Waals surface area contributed by atoms with E-state index in [9.17, 15) is 4.79 Å². The summed E-state index contributed by atoms with van der Waals surface area (Å²) in [7, 11) is 3.81. The summed E-state index contributed by atoms with van der Waals surface area (Å²) in [5.74, 6) is 1.22. The fraction of sp³-hybridized carbons (Fsp3) is 0.400. The quantitative estimate of drug-likeness (QED) is 0.728. The van der Waals surface area contributed by atoms with Gasteiger partial charge in [-0.2, -0.15) is 4.98 Å². The minimum atomic E-state index is -0.184. The Hall–Kier alpha value is -3.16. The summed E-state index contributed by atoms with van der Waals surface area (Å²) in [6, 6.07) is 7.51. The molecule has 1 amide bonds. The fourth-order valence-electron chi connectivity index (χ4n) is 3.45. The highest BCUT2D eigenvalue weighted by atomic mass is 16.5. The molecule has 28 heavy (non-hydrogen) atoms. The third-order valence-corrected chi connectivity index (χ3v) is 4.87. The molecule has 1 saturated heterocycles. The van der Waals surface area contributed by atoms with Crippen LogP contribution in [-0.2, 0) is 11.2 Å². The fourth-order valence-corrected chi connectivity index (χ4v) is 3.45. The van der Waals surface area contributed by atoms with Crippen LogP contribution in [0.3, 0.4) is 0 Å². The van der Waals surface area contributed by atoms with Gasteiger partial charge in [0, 0.05) is 32.6 Å². The van der Waals surface area contributed by atoms with E-state index in [0.717, 1.165) is 31.3 Å². The third kappa shape index (κ3) is 3.76. The van der Waals surface area contributed by atoms with Crippen molar-refractivity contribution in [2.45, 2.75) is 25.7 Å². The zero-order valence-electron chi connectivity index (χ0n) is 16.2. The topological polar surface area (TPSA) is 87.4 Å². The number of aromatic nitrogens is 3. The minimum absolute atomic E-state index is 0.123. The van der Waals surface area contributed by atoms with E-state index in [4.69, 9.17) is 4.52 Å². The Balaban J connectivity index is 1.52. The van der Waals surface area contributed by atoms with Crippen LogP contribution in [0.15, 0.2) is 35.0 Å². The van der Waals surface area contributed by atoms with Crippen LogP contribution < -0.4 is 15.1 Å². The van der Waals surface area contributed by atoms with E-state index in [2.05, 4.69) is 25.3 Å². The smallest absolute Gasteiger partial charge is 0.230 e. The number of hydrogen-bond acceptors (Lipinski definition) is 7. The van der Waals surface area contributed by atoms with Gasteiger partial charge >= 0.3 is 0 Å². The highest BCUT2D eigenvalue weighted by Crippen LogP contribution is 2.26. The summed E-state index contributed by atoms with van der Waals surface area (Å²) >= 11 is 0. The van der Waals surface area contributed by atoms with Crippen LogP contribution in [0, 0.1) is 0 Å². The first kappa shape index (κ1) is 18.2. The molecule has 1 fully saturated rings. The molecule has 0 bridgehead atoms. The van der Waals surface area contributed by atoms with Crippen LogP contribution >= 0.6 is 0 Å². The molecule has 0 radical (unpaired) electrons. The second-order valence-corrected chi connectivity index (χ2v) is 7.20. The molecule has 1 aliphatic heterocycles. The Morgan fingerprint density at radius 2 is 2.00 bits per heavy atom. The summed E-state index contributed by atoms with van der Waals surface area (Å²) in [6.45, 7) is 1.94. The second-order valence-electron chi connectivity index (χ2n) is 7.20. The number of piperidine rings is 1. The Labute approximate surface area is 163 Å². The Bertz CT molecular complexity index is 978. The standard InChI is InChI=1S/C20H24N6O2/c1-25(2)19-16(13-21-20(23-19)26-10-6-3-7-11-26)22-18(27)12-15-14-8-4-5-9-17(14)28-24-15/h4-5,8-9,13H,3,6-7,10-12H2,1-2H3,(H,22,27). The van der Waals surface area contributed by atoms with Crippen LogP contribution in [-0.4, -0.2) is 48.2 Å². The average molecular weight is 380 g/mol. The lowest BCUT2D eigenvalue weighted by atomic mass is 10.1. The number of benzene rings is 1. The molecule has 0 spiro atoms. The van der Waals surface area contributed by atoms with Gasteiger partial charge in [-0.05, 0) is 31.4 Å². The van der Waals surface area contributed by atoms with Gasteiger partial charge in [0.1, 0.15) is 11.4 Å². The van der Waals surface area contributed by atoms with Gasteiger partial charge in [0.05, 0.1) is 12.6 Å². The lowest BCUT2D eigenvalue weighted by Crippen LogP contribution is -2.31. The van der Waals surface area contributed by atoms with Crippen molar-refractivity contribution in [3.05, 3.63) is 36.2 Å². The van der Waals surface area contributed by atoms with E-state index >= 15 is 0 Å². The predicted octanol–water partition coefficient (Wildman–Crippen LogP) is 2.86. The predicted molar refractivity (Wildman–Crippen MR) is 109 cm³/mol. The lowest BCUT2D eigenvalue weighted by Gasteiger charge is -2.28. The zero-order chi connectivity index (χ0) is 19.5. The van der Waals surface area contributed by atoms with Gasteiger partial charge in [0.2, 0.25) is 11.9 Å². The zero-order valence-corrected chi connectivity index (χ0v) is 16.2. The number of fused-ring (bicyclic) bond motifs is 1. The molecule has 2 aromatic heterocycles. The first-order valence-electron chi connectivity index (χ1n) is 9.54. The van der Waals surface area contributed by atoms with Gasteiger partial charge in [0.15, 0.2) is 11.4 Å². The Kier molecular flexibility index (Phi) is 5.10. The molecule has 0 aliphatic carbocycles. The number of nitrogens with zero attached hydrogens (tertiary/aromatic N) is 5. The van der Waals surface area contributed by atoms with Gasteiger partial charge < -0.3 is 19.6 Å². The second kappa shape index (κ2) is 7.84. The number of carbonyl (C=O) groups is 1. The van der Waals surface area contributed by atoms with E-state index in [-0.39, 0.29) is 12.3 Å². The molecule has 0 atom stereocenters. The molecule has 8 heteroatoms. The lowest BCUT2D eigenvalue weighted by molar-refractivity contribution is -0.115. The number of anilines is 3. The number of amides is 1. The Morgan fingerprint density at radius 3 is 2.79 bits per heavy atom. The molecular formula is C20H24N6O2. The molecule has 1 aromatic carbocycles. The van der Waals surface area contributed by atoms with Gasteiger partial charge in [-0.15, -0.1) is 0 Å². The van der Waals surface area contributed by atoms with E-state index in [1.807, 2.05) is 43.3 Å². The molecule has 4 rings (SSSR count). The molecule has 0 unspecified atom stereocenters. The van der Waals surface area contributed by atoms with Crippen molar-refractivity contribution >= 4 is 34.3 Å². The first-order chi connectivity index (χ1) is 13.6. The van der Waals surface area contributed by atoms with Crippen molar-refractivity contribution in [1.29, 1.82) is 0 Å². The van der Waals surface area contributed by atoms with Crippen molar-refractivity contribution in [1.82, 2.24) is 15.1 Å². The maximum atomic E-state index is 12.6. The van der Waals surface area contributed by atoms with E-state index < -0.39 is 0 Å². The number of nitrogens with one attached hydrogen (secondary N) is 1. The van der Waals surface area contributed by atoms with Crippen molar-refractivity contribution < 1.29 is 9.32 Å². The highest BCUT2D eigenvalue weighted by molar-refractivity contribution is 5.96. The number of para-hydroxylation sites is 1. The summed E-state index contributed by atoms with van der Waals surface area (Å²) in [5, 5.41) is 7.79. The molecule has 146 valence electrons. The molecular weight excluding hydrogens is 356 g/mol. The van der Waals surface area contributed by atoms with Crippen LogP contribution in [0.25, 0.3) is 11.0 Å². The van der Waals surface area contributed by atoms with E-state index in [1.54, 1.807) is 6.20 Å². The van der Waals surface area contributed by atoms with Crippen molar-refractivity contribution in [2.75, 3.05) is 42.3 Å². The van der Waals surface area contributed by atoms with Crippen molar-refractivity contribution in [3.63, 3.8) is 0 Å². The van der Waals surface area contributed by atoms with Gasteiger partial charge in [-0.1, -0.05) is 17.3 Å². The maximum Gasteiger partial charge on any atom is 0.230 e. The molecule has 8 nitrogen and oxygen atoms in total.